The van der Waals surface area contributed by atoms with Crippen molar-refractivity contribution in [3.05, 3.63) is 100 Å². The Bertz CT molecular complexity index is 1420. The number of phenols is 1. The van der Waals surface area contributed by atoms with E-state index >= 15 is 0 Å². The lowest BCUT2D eigenvalue weighted by Crippen LogP contribution is -2.29. The summed E-state index contributed by atoms with van der Waals surface area (Å²) in [7, 11) is 0. The fourth-order valence-corrected chi connectivity index (χ4v) is 5.14. The number of amides is 1. The Morgan fingerprint density at radius 1 is 0.921 bits per heavy atom. The maximum absolute atomic E-state index is 13.4. The van der Waals surface area contributed by atoms with Gasteiger partial charge in [-0.05, 0) is 91.3 Å². The minimum atomic E-state index is -0.926. The molecule has 3 aromatic carbocycles. The zero-order valence-corrected chi connectivity index (χ0v) is 21.1. The van der Waals surface area contributed by atoms with Gasteiger partial charge in [-0.3, -0.25) is 14.5 Å². The van der Waals surface area contributed by atoms with Crippen molar-refractivity contribution >= 4 is 29.1 Å². The van der Waals surface area contributed by atoms with Gasteiger partial charge in [-0.25, -0.2) is 4.79 Å². The number of ketones is 1. The number of phenolic OH excluding ortho intramolecular Hbond substituents is 1. The van der Waals surface area contributed by atoms with Crippen LogP contribution in [0.1, 0.15) is 64.8 Å². The summed E-state index contributed by atoms with van der Waals surface area (Å²) in [6.45, 7) is 2.21. The maximum atomic E-state index is 13.4. The number of aliphatic hydroxyl groups is 1. The molecule has 1 fully saturated rings. The Morgan fingerprint density at radius 3 is 2.26 bits per heavy atom. The highest BCUT2D eigenvalue weighted by Crippen LogP contribution is 2.42. The largest absolute Gasteiger partial charge is 0.508 e. The van der Waals surface area contributed by atoms with Crippen molar-refractivity contribution in [1.29, 1.82) is 0 Å². The van der Waals surface area contributed by atoms with Gasteiger partial charge in [0.05, 0.1) is 23.8 Å². The quantitative estimate of drug-likeness (QED) is 0.197. The third-order valence-corrected chi connectivity index (χ3v) is 7.09. The van der Waals surface area contributed by atoms with Crippen LogP contribution in [0.3, 0.4) is 0 Å². The van der Waals surface area contributed by atoms with Gasteiger partial charge < -0.3 is 14.9 Å². The van der Waals surface area contributed by atoms with Gasteiger partial charge in [0, 0.05) is 11.3 Å². The number of hydrogen-bond acceptors (Lipinski definition) is 6. The second-order valence-electron chi connectivity index (χ2n) is 9.63. The Labute approximate surface area is 221 Å². The van der Waals surface area contributed by atoms with E-state index in [0.717, 1.165) is 31.2 Å². The van der Waals surface area contributed by atoms with Crippen molar-refractivity contribution in [2.75, 3.05) is 11.5 Å². The minimum Gasteiger partial charge on any atom is -0.508 e. The molecule has 3 aromatic rings. The lowest BCUT2D eigenvalue weighted by Gasteiger charge is -2.26. The Hall–Kier alpha value is -4.39. The van der Waals surface area contributed by atoms with Crippen LogP contribution >= 0.6 is 0 Å². The van der Waals surface area contributed by atoms with E-state index in [4.69, 9.17) is 4.74 Å². The molecule has 0 spiro atoms. The first kappa shape index (κ1) is 25.3. The number of carbonyl (C=O) groups is 3. The molecular weight excluding hydrogens is 482 g/mol. The monoisotopic (exact) mass is 511 g/mol. The molecule has 0 saturated carbocycles. The molecule has 194 valence electrons. The highest BCUT2D eigenvalue weighted by atomic mass is 16.5. The van der Waals surface area contributed by atoms with Crippen LogP contribution in [0.2, 0.25) is 0 Å². The average Bonchev–Trinajstić information content (AvgIpc) is 3.21. The van der Waals surface area contributed by atoms with Crippen LogP contribution < -0.4 is 4.90 Å². The summed E-state index contributed by atoms with van der Waals surface area (Å²) in [6, 6.07) is 17.2. The normalized spacial score (nSPS) is 18.3. The highest BCUT2D eigenvalue weighted by Gasteiger charge is 2.47. The van der Waals surface area contributed by atoms with Crippen LogP contribution in [0.15, 0.2) is 72.3 Å². The number of aryl methyl sites for hydroxylation is 2. The Morgan fingerprint density at radius 2 is 1.58 bits per heavy atom. The lowest BCUT2D eigenvalue weighted by molar-refractivity contribution is -0.132. The topological polar surface area (TPSA) is 104 Å². The molecule has 7 nitrogen and oxygen atoms in total. The number of hydrogen-bond donors (Lipinski definition) is 2. The SMILES string of the molecule is CCCOC(=O)c1ccc(N2C(=O)C(=O)/C(=C(\O)c3ccc4c(c3)CCCC4)C2c2ccc(O)cc2)cc1. The second-order valence-corrected chi connectivity index (χ2v) is 9.63. The number of nitrogens with zero attached hydrogens (tertiary/aromatic N) is 1. The molecule has 0 radical (unpaired) electrons. The third-order valence-electron chi connectivity index (χ3n) is 7.09. The summed E-state index contributed by atoms with van der Waals surface area (Å²) in [6.07, 6.45) is 4.78. The molecule has 1 heterocycles. The molecule has 1 aliphatic heterocycles. The maximum Gasteiger partial charge on any atom is 0.338 e. The number of esters is 1. The van der Waals surface area contributed by atoms with E-state index in [1.807, 2.05) is 19.1 Å². The van der Waals surface area contributed by atoms with E-state index in [0.29, 0.717) is 35.4 Å². The van der Waals surface area contributed by atoms with Crippen LogP contribution in [0.5, 0.6) is 5.75 Å². The van der Waals surface area contributed by atoms with Crippen molar-refractivity contribution in [3.63, 3.8) is 0 Å². The van der Waals surface area contributed by atoms with Gasteiger partial charge in [0.1, 0.15) is 11.5 Å². The van der Waals surface area contributed by atoms with Crippen molar-refractivity contribution in [2.45, 2.75) is 45.1 Å². The summed E-state index contributed by atoms with van der Waals surface area (Å²) < 4.78 is 5.18. The molecule has 0 bridgehead atoms. The fourth-order valence-electron chi connectivity index (χ4n) is 5.14. The van der Waals surface area contributed by atoms with Crippen molar-refractivity contribution < 1.29 is 29.3 Å². The molecule has 1 amide bonds. The molecule has 7 heteroatoms. The highest BCUT2D eigenvalue weighted by molar-refractivity contribution is 6.51. The van der Waals surface area contributed by atoms with Crippen LogP contribution in [-0.4, -0.2) is 34.5 Å². The number of aromatic hydroxyl groups is 1. The van der Waals surface area contributed by atoms with E-state index < -0.39 is 23.7 Å². The molecule has 1 aliphatic carbocycles. The van der Waals surface area contributed by atoms with Gasteiger partial charge in [0.25, 0.3) is 11.7 Å². The molecule has 1 saturated heterocycles. The molecule has 5 rings (SSSR count). The van der Waals surface area contributed by atoms with Crippen LogP contribution in [0.4, 0.5) is 5.69 Å². The van der Waals surface area contributed by atoms with E-state index in [1.165, 1.54) is 22.6 Å². The van der Waals surface area contributed by atoms with Crippen LogP contribution in [0, 0.1) is 0 Å². The Kier molecular flexibility index (Phi) is 7.01. The molecular formula is C31H29NO6. The number of carbonyl (C=O) groups excluding carboxylic acids is 3. The van der Waals surface area contributed by atoms with Gasteiger partial charge in [-0.15, -0.1) is 0 Å². The zero-order chi connectivity index (χ0) is 26.8. The first-order valence-corrected chi connectivity index (χ1v) is 12.9. The fraction of sp³-hybridized carbons (Fsp3) is 0.258. The number of rotatable bonds is 6. The van der Waals surface area contributed by atoms with Crippen molar-refractivity contribution in [2.24, 2.45) is 0 Å². The molecule has 2 aliphatic rings. The molecule has 38 heavy (non-hydrogen) atoms. The van der Waals surface area contributed by atoms with E-state index in [1.54, 1.807) is 42.5 Å². The van der Waals surface area contributed by atoms with E-state index in [9.17, 15) is 24.6 Å². The standard InChI is InChI=1S/C31H29NO6/c1-2-17-38-31(37)21-9-13-24(14-10-21)32-27(20-11-15-25(33)16-12-20)26(29(35)30(32)36)28(34)23-8-7-19-5-3-4-6-22(19)18-23/h7-16,18,27,33-34H,2-6,17H2,1H3/b28-26-. The molecule has 1 atom stereocenters. The summed E-state index contributed by atoms with van der Waals surface area (Å²) in [4.78, 5) is 40.4. The van der Waals surface area contributed by atoms with Gasteiger partial charge >= 0.3 is 5.97 Å². The summed E-state index contributed by atoms with van der Waals surface area (Å²) in [5.74, 6) is -2.26. The number of benzene rings is 3. The van der Waals surface area contributed by atoms with Crippen molar-refractivity contribution in [1.82, 2.24) is 0 Å². The molecule has 1 unspecified atom stereocenters. The first-order valence-electron chi connectivity index (χ1n) is 12.9. The smallest absolute Gasteiger partial charge is 0.338 e. The predicted molar refractivity (Wildman–Crippen MR) is 143 cm³/mol. The van der Waals surface area contributed by atoms with Crippen LogP contribution in [0.25, 0.3) is 5.76 Å². The van der Waals surface area contributed by atoms with Gasteiger partial charge in [0.15, 0.2) is 0 Å². The Balaban J connectivity index is 1.59. The third kappa shape index (κ3) is 4.67. The van der Waals surface area contributed by atoms with Gasteiger partial charge in [-0.1, -0.05) is 31.2 Å². The number of ether oxygens (including phenoxy) is 1. The lowest BCUT2D eigenvalue weighted by atomic mass is 9.88. The zero-order valence-electron chi connectivity index (χ0n) is 21.1. The number of Topliss-reactive ketones (excluding diaryl/α,β-unsaturated/α-hetero) is 1. The average molecular weight is 512 g/mol. The van der Waals surface area contributed by atoms with E-state index in [2.05, 4.69) is 0 Å². The molecule has 2 N–H and O–H groups in total. The molecule has 0 aromatic heterocycles. The van der Waals surface area contributed by atoms with E-state index in [-0.39, 0.29) is 17.1 Å². The van der Waals surface area contributed by atoms with Crippen molar-refractivity contribution in [3.8, 4) is 5.75 Å². The summed E-state index contributed by atoms with van der Waals surface area (Å²) in [5.41, 5.74) is 4.11. The summed E-state index contributed by atoms with van der Waals surface area (Å²) in [5, 5.41) is 21.3. The minimum absolute atomic E-state index is 0.0251. The second kappa shape index (κ2) is 10.5. The van der Waals surface area contributed by atoms with Crippen LogP contribution in [-0.2, 0) is 27.2 Å². The number of anilines is 1. The number of aliphatic hydroxyl groups excluding tert-OH is 1. The summed E-state index contributed by atoms with van der Waals surface area (Å²) >= 11 is 0. The first-order chi connectivity index (χ1) is 18.4. The number of fused-ring (bicyclic) bond motifs is 1. The predicted octanol–water partition coefficient (Wildman–Crippen LogP) is 5.46. The van der Waals surface area contributed by atoms with Gasteiger partial charge in [-0.2, -0.15) is 0 Å². The van der Waals surface area contributed by atoms with Gasteiger partial charge in [0.2, 0.25) is 0 Å².